The van der Waals surface area contributed by atoms with Gasteiger partial charge in [-0.2, -0.15) is 0 Å². The summed E-state index contributed by atoms with van der Waals surface area (Å²) in [6, 6.07) is 9.20. The maximum atomic E-state index is 11.8. The summed E-state index contributed by atoms with van der Waals surface area (Å²) in [6.45, 7) is 1.96. The van der Waals surface area contributed by atoms with Crippen LogP contribution in [0.1, 0.15) is 29.3 Å². The fourth-order valence-electron chi connectivity index (χ4n) is 1.97. The van der Waals surface area contributed by atoms with Crippen LogP contribution in [0.15, 0.2) is 34.9 Å². The first-order chi connectivity index (χ1) is 10.1. The van der Waals surface area contributed by atoms with Crippen molar-refractivity contribution in [2.24, 2.45) is 0 Å². The highest BCUT2D eigenvalue weighted by molar-refractivity contribution is 6.29. The molecule has 2 aromatic rings. The molecule has 0 fully saturated rings. The van der Waals surface area contributed by atoms with Crippen LogP contribution >= 0.6 is 11.6 Å². The van der Waals surface area contributed by atoms with E-state index in [0.717, 1.165) is 11.1 Å². The smallest absolute Gasteiger partial charge is 0.229 e. The molecule has 0 saturated carbocycles. The number of nitrogens with zero attached hydrogens (tertiary/aromatic N) is 1. The van der Waals surface area contributed by atoms with Crippen molar-refractivity contribution >= 4 is 17.5 Å². The minimum atomic E-state index is -0.712. The molecule has 0 aliphatic heterocycles. The number of aliphatic hydroxyl groups is 1. The van der Waals surface area contributed by atoms with Crippen LogP contribution < -0.4 is 5.32 Å². The second kappa shape index (κ2) is 7.24. The summed E-state index contributed by atoms with van der Waals surface area (Å²) in [7, 11) is 0. The Bertz CT molecular complexity index is 579. The van der Waals surface area contributed by atoms with Crippen LogP contribution in [0, 0.1) is 6.92 Å². The first-order valence-corrected chi connectivity index (χ1v) is 7.06. The number of benzene rings is 1. The molecule has 1 heterocycles. The lowest BCUT2D eigenvalue weighted by Crippen LogP contribution is -2.28. The van der Waals surface area contributed by atoms with Gasteiger partial charge in [-0.15, -0.1) is 0 Å². The number of halogens is 1. The van der Waals surface area contributed by atoms with E-state index in [0.29, 0.717) is 12.1 Å². The van der Waals surface area contributed by atoms with Gasteiger partial charge in [-0.3, -0.25) is 4.79 Å². The summed E-state index contributed by atoms with van der Waals surface area (Å²) in [5, 5.41) is 16.6. The van der Waals surface area contributed by atoms with Gasteiger partial charge in [-0.1, -0.05) is 35.5 Å². The number of aliphatic hydroxyl groups excluding tert-OH is 1. The number of amides is 1. The van der Waals surface area contributed by atoms with E-state index < -0.39 is 6.10 Å². The average Bonchev–Trinajstić information content (AvgIpc) is 2.82. The third kappa shape index (κ3) is 4.31. The van der Waals surface area contributed by atoms with Crippen LogP contribution in [0.4, 0.5) is 0 Å². The molecule has 0 aliphatic rings. The number of rotatable bonds is 6. The number of hydrogen-bond donors (Lipinski definition) is 2. The van der Waals surface area contributed by atoms with Gasteiger partial charge >= 0.3 is 0 Å². The lowest BCUT2D eigenvalue weighted by molar-refractivity contribution is -0.121. The van der Waals surface area contributed by atoms with Crippen LogP contribution in [0.5, 0.6) is 0 Å². The highest BCUT2D eigenvalue weighted by Crippen LogP contribution is 2.20. The van der Waals surface area contributed by atoms with Crippen molar-refractivity contribution in [3.8, 4) is 0 Å². The Kier molecular flexibility index (Phi) is 5.36. The lowest BCUT2D eigenvalue weighted by Gasteiger charge is -2.12. The molecule has 5 nitrogen and oxygen atoms in total. The van der Waals surface area contributed by atoms with Crippen LogP contribution in [-0.2, 0) is 11.2 Å². The topological polar surface area (TPSA) is 75.4 Å². The summed E-state index contributed by atoms with van der Waals surface area (Å²) in [6.07, 6.45) is 0.0149. The average molecular weight is 309 g/mol. The molecule has 0 saturated heterocycles. The molecule has 6 heteroatoms. The van der Waals surface area contributed by atoms with E-state index in [1.165, 1.54) is 0 Å². The molecule has 112 valence electrons. The van der Waals surface area contributed by atoms with Crippen molar-refractivity contribution in [1.82, 2.24) is 10.5 Å². The van der Waals surface area contributed by atoms with Crippen molar-refractivity contribution in [2.45, 2.75) is 25.9 Å². The molecule has 21 heavy (non-hydrogen) atoms. The third-order valence-corrected chi connectivity index (χ3v) is 3.51. The van der Waals surface area contributed by atoms with Gasteiger partial charge in [0.05, 0.1) is 11.8 Å². The van der Waals surface area contributed by atoms with Gasteiger partial charge in [0.15, 0.2) is 0 Å². The number of carbonyl (C=O) groups excluding carboxylic acids is 1. The highest BCUT2D eigenvalue weighted by atomic mass is 35.5. The molecule has 0 bridgehead atoms. The van der Waals surface area contributed by atoms with Gasteiger partial charge in [0.1, 0.15) is 0 Å². The standard InChI is InChI=1S/C15H17ClN2O3/c1-10-12(15(16)21-18-10)7-8-14(20)17-9-13(19)11-5-3-2-4-6-11/h2-6,13,19H,7-9H2,1H3,(H,17,20). The molecule has 0 spiro atoms. The van der Waals surface area contributed by atoms with E-state index in [1.807, 2.05) is 30.3 Å². The van der Waals surface area contributed by atoms with E-state index in [4.69, 9.17) is 16.1 Å². The van der Waals surface area contributed by atoms with Gasteiger partial charge in [-0.05, 0) is 30.5 Å². The molecule has 1 aromatic carbocycles. The molecule has 1 aromatic heterocycles. The van der Waals surface area contributed by atoms with Crippen LogP contribution in [0.3, 0.4) is 0 Å². The molecule has 1 atom stereocenters. The second-order valence-electron chi connectivity index (χ2n) is 4.75. The molecule has 0 aliphatic carbocycles. The third-order valence-electron chi connectivity index (χ3n) is 3.22. The first kappa shape index (κ1) is 15.5. The van der Waals surface area contributed by atoms with Gasteiger partial charge in [0.25, 0.3) is 0 Å². The summed E-state index contributed by atoms with van der Waals surface area (Å²) >= 11 is 5.84. The predicted octanol–water partition coefficient (Wildman–Crippen LogP) is 2.42. The fourth-order valence-corrected chi connectivity index (χ4v) is 2.24. The predicted molar refractivity (Wildman–Crippen MR) is 79.0 cm³/mol. The minimum absolute atomic E-state index is 0.151. The van der Waals surface area contributed by atoms with Crippen molar-refractivity contribution < 1.29 is 14.4 Å². The summed E-state index contributed by atoms with van der Waals surface area (Å²) in [5.41, 5.74) is 2.21. The lowest BCUT2D eigenvalue weighted by atomic mass is 10.1. The van der Waals surface area contributed by atoms with Gasteiger partial charge in [0.2, 0.25) is 11.1 Å². The van der Waals surface area contributed by atoms with Gasteiger partial charge in [0, 0.05) is 18.5 Å². The van der Waals surface area contributed by atoms with E-state index >= 15 is 0 Å². The van der Waals surface area contributed by atoms with Crippen LogP contribution in [-0.4, -0.2) is 22.7 Å². The van der Waals surface area contributed by atoms with E-state index in [2.05, 4.69) is 10.5 Å². The van der Waals surface area contributed by atoms with Crippen molar-refractivity contribution in [3.05, 3.63) is 52.4 Å². The Balaban J connectivity index is 1.78. The minimum Gasteiger partial charge on any atom is -0.387 e. The fraction of sp³-hybridized carbons (Fsp3) is 0.333. The van der Waals surface area contributed by atoms with E-state index in [1.54, 1.807) is 6.92 Å². The molecule has 1 unspecified atom stereocenters. The maximum Gasteiger partial charge on any atom is 0.229 e. The quantitative estimate of drug-likeness (QED) is 0.859. The van der Waals surface area contributed by atoms with Crippen LogP contribution in [0.25, 0.3) is 0 Å². The maximum absolute atomic E-state index is 11.8. The number of aryl methyl sites for hydroxylation is 1. The zero-order valence-electron chi connectivity index (χ0n) is 11.7. The summed E-state index contributed by atoms with van der Waals surface area (Å²) < 4.78 is 4.83. The molecule has 2 rings (SSSR count). The Morgan fingerprint density at radius 2 is 2.14 bits per heavy atom. The number of carbonyl (C=O) groups is 1. The number of aromatic nitrogens is 1. The summed E-state index contributed by atoms with van der Waals surface area (Å²) in [4.78, 5) is 11.8. The van der Waals surface area contributed by atoms with E-state index in [9.17, 15) is 9.90 Å². The van der Waals surface area contributed by atoms with E-state index in [-0.39, 0.29) is 24.1 Å². The molecule has 2 N–H and O–H groups in total. The zero-order valence-corrected chi connectivity index (χ0v) is 12.4. The molecule has 1 amide bonds. The normalized spacial score (nSPS) is 12.1. The first-order valence-electron chi connectivity index (χ1n) is 6.68. The van der Waals surface area contributed by atoms with Crippen molar-refractivity contribution in [1.29, 1.82) is 0 Å². The van der Waals surface area contributed by atoms with Crippen molar-refractivity contribution in [3.63, 3.8) is 0 Å². The molecular weight excluding hydrogens is 292 g/mol. The van der Waals surface area contributed by atoms with Crippen LogP contribution in [0.2, 0.25) is 5.22 Å². The Labute approximate surface area is 127 Å². The second-order valence-corrected chi connectivity index (χ2v) is 5.09. The number of nitrogens with one attached hydrogen (secondary N) is 1. The molecular formula is C15H17ClN2O3. The number of hydrogen-bond acceptors (Lipinski definition) is 4. The zero-order chi connectivity index (χ0) is 15.2. The monoisotopic (exact) mass is 308 g/mol. The highest BCUT2D eigenvalue weighted by Gasteiger charge is 2.13. The van der Waals surface area contributed by atoms with Crippen molar-refractivity contribution in [2.75, 3.05) is 6.54 Å². The Morgan fingerprint density at radius 3 is 2.76 bits per heavy atom. The summed E-state index contributed by atoms with van der Waals surface area (Å²) in [5.74, 6) is -0.151. The SMILES string of the molecule is Cc1noc(Cl)c1CCC(=O)NCC(O)c1ccccc1. The van der Waals surface area contributed by atoms with Gasteiger partial charge < -0.3 is 14.9 Å². The Morgan fingerprint density at radius 1 is 1.43 bits per heavy atom. The Hall–Kier alpha value is -1.85. The van der Waals surface area contributed by atoms with Gasteiger partial charge in [-0.25, -0.2) is 0 Å². The molecule has 0 radical (unpaired) electrons. The largest absolute Gasteiger partial charge is 0.387 e.